The molecule has 24 heavy (non-hydrogen) atoms. The average Bonchev–Trinajstić information content (AvgIpc) is 2.85. The summed E-state index contributed by atoms with van der Waals surface area (Å²) < 4.78 is 50.7. The molecule has 0 saturated carbocycles. The largest absolute Gasteiger partial charge is 0.492 e. The van der Waals surface area contributed by atoms with Crippen molar-refractivity contribution in [1.82, 2.24) is 10.2 Å². The summed E-state index contributed by atoms with van der Waals surface area (Å²) in [6, 6.07) is 2.83. The van der Waals surface area contributed by atoms with Crippen molar-refractivity contribution in [2.24, 2.45) is 0 Å². The second-order valence-corrected chi connectivity index (χ2v) is 6.31. The zero-order valence-corrected chi connectivity index (χ0v) is 13.6. The number of piperidine rings is 1. The van der Waals surface area contributed by atoms with Crippen LogP contribution in [0.25, 0.3) is 0 Å². The van der Waals surface area contributed by atoms with E-state index in [1.807, 2.05) is 5.32 Å². The first-order valence-electron chi connectivity index (χ1n) is 7.55. The Kier molecular flexibility index (Phi) is 4.19. The summed E-state index contributed by atoms with van der Waals surface area (Å²) in [4.78, 5) is 13.7. The number of likely N-dealkylation sites (tertiary alicyclic amines) is 1. The second kappa shape index (κ2) is 5.91. The van der Waals surface area contributed by atoms with Crippen molar-refractivity contribution in [3.05, 3.63) is 23.2 Å². The van der Waals surface area contributed by atoms with Crippen molar-refractivity contribution < 1.29 is 27.4 Å². The molecule has 0 spiro atoms. The molecule has 132 valence electrons. The zero-order valence-electron chi connectivity index (χ0n) is 12.8. The van der Waals surface area contributed by atoms with Crippen LogP contribution in [0.3, 0.4) is 0 Å². The maximum Gasteiger partial charge on any atom is 0.492 e. The number of carbonyl (C=O) groups is 1. The first kappa shape index (κ1) is 17.0. The number of alkyl halides is 3. The zero-order chi connectivity index (χ0) is 17.5. The van der Waals surface area contributed by atoms with E-state index in [0.717, 1.165) is 19.3 Å². The van der Waals surface area contributed by atoms with Crippen LogP contribution in [0, 0.1) is 0 Å². The number of hydrogen-bond donors (Lipinski definition) is 1. The fourth-order valence-corrected chi connectivity index (χ4v) is 2.99. The van der Waals surface area contributed by atoms with Crippen LogP contribution in [0.5, 0.6) is 11.5 Å². The maximum atomic E-state index is 13.6. The highest BCUT2D eigenvalue weighted by Gasteiger charge is 2.66. The second-order valence-electron chi connectivity index (χ2n) is 5.88. The Labute approximate surface area is 141 Å². The molecular weight excluding hydrogens is 349 g/mol. The average molecular weight is 365 g/mol. The molecule has 2 amide bonds. The Morgan fingerprint density at radius 1 is 1.33 bits per heavy atom. The highest BCUT2D eigenvalue weighted by atomic mass is 35.5. The van der Waals surface area contributed by atoms with E-state index in [4.69, 9.17) is 21.1 Å². The minimum atomic E-state index is -4.98. The molecule has 1 saturated heterocycles. The summed E-state index contributed by atoms with van der Waals surface area (Å²) >= 11 is 5.76. The van der Waals surface area contributed by atoms with Gasteiger partial charge in [0, 0.05) is 23.7 Å². The molecule has 0 radical (unpaired) electrons. The number of halogens is 4. The van der Waals surface area contributed by atoms with Crippen molar-refractivity contribution >= 4 is 17.6 Å². The van der Waals surface area contributed by atoms with Gasteiger partial charge in [0.05, 0.1) is 0 Å². The molecule has 2 aliphatic rings. The predicted molar refractivity (Wildman–Crippen MR) is 80.0 cm³/mol. The number of fused-ring (bicyclic) bond motifs is 1. The lowest BCUT2D eigenvalue weighted by Crippen LogP contribution is -2.67. The Morgan fingerprint density at radius 2 is 2.04 bits per heavy atom. The smallest absolute Gasteiger partial charge is 0.424 e. The van der Waals surface area contributed by atoms with Crippen LogP contribution >= 0.6 is 11.6 Å². The SMILES string of the molecule is C[C@H]1CCCCN1C(=O)N[C@@]1(C(F)(F)F)Oc2ccc(Cl)cc2O1. The Hall–Kier alpha value is -1.83. The third kappa shape index (κ3) is 2.94. The number of nitrogens with zero attached hydrogens (tertiary/aromatic N) is 1. The van der Waals surface area contributed by atoms with Gasteiger partial charge in [-0.15, -0.1) is 0 Å². The lowest BCUT2D eigenvalue weighted by molar-refractivity contribution is -0.318. The van der Waals surface area contributed by atoms with E-state index < -0.39 is 18.1 Å². The molecule has 2 atom stereocenters. The van der Waals surface area contributed by atoms with Crippen LogP contribution in [-0.4, -0.2) is 35.6 Å². The summed E-state index contributed by atoms with van der Waals surface area (Å²) in [6.07, 6.45) is -2.56. The lowest BCUT2D eigenvalue weighted by atomic mass is 10.0. The third-order valence-electron chi connectivity index (χ3n) is 4.12. The molecule has 1 N–H and O–H groups in total. The first-order valence-corrected chi connectivity index (χ1v) is 7.93. The van der Waals surface area contributed by atoms with Gasteiger partial charge in [-0.25, -0.2) is 4.79 Å². The molecule has 5 nitrogen and oxygen atoms in total. The number of nitrogens with one attached hydrogen (secondary N) is 1. The summed E-state index contributed by atoms with van der Waals surface area (Å²) in [6.45, 7) is 2.18. The lowest BCUT2D eigenvalue weighted by Gasteiger charge is -2.37. The number of carbonyl (C=O) groups excluding carboxylic acids is 1. The fourth-order valence-electron chi connectivity index (χ4n) is 2.83. The van der Waals surface area contributed by atoms with Gasteiger partial charge < -0.3 is 14.4 Å². The van der Waals surface area contributed by atoms with Crippen molar-refractivity contribution in [3.63, 3.8) is 0 Å². The minimum absolute atomic E-state index is 0.135. The number of urea groups is 1. The van der Waals surface area contributed by atoms with Gasteiger partial charge in [-0.05, 0) is 38.3 Å². The number of ether oxygens (including phenoxy) is 2. The molecule has 2 heterocycles. The molecule has 3 rings (SSSR count). The van der Waals surface area contributed by atoms with Crippen molar-refractivity contribution in [1.29, 1.82) is 0 Å². The number of benzene rings is 1. The molecule has 9 heteroatoms. The summed E-state index contributed by atoms with van der Waals surface area (Å²) in [5.74, 6) is -3.57. The van der Waals surface area contributed by atoms with Crippen molar-refractivity contribution in [3.8, 4) is 11.5 Å². The minimum Gasteiger partial charge on any atom is -0.424 e. The van der Waals surface area contributed by atoms with Gasteiger partial charge in [0.15, 0.2) is 11.5 Å². The highest BCUT2D eigenvalue weighted by Crippen LogP contribution is 2.46. The molecule has 1 aromatic carbocycles. The van der Waals surface area contributed by atoms with E-state index in [-0.39, 0.29) is 22.6 Å². The van der Waals surface area contributed by atoms with Gasteiger partial charge in [-0.3, -0.25) is 5.32 Å². The Morgan fingerprint density at radius 3 is 2.71 bits per heavy atom. The van der Waals surface area contributed by atoms with E-state index in [1.165, 1.54) is 23.1 Å². The van der Waals surface area contributed by atoms with E-state index >= 15 is 0 Å². The van der Waals surface area contributed by atoms with Crippen LogP contribution in [0.15, 0.2) is 18.2 Å². The maximum absolute atomic E-state index is 13.6. The molecular formula is C15H16ClF3N2O3. The molecule has 0 unspecified atom stereocenters. The van der Waals surface area contributed by atoms with Crippen LogP contribution in [-0.2, 0) is 0 Å². The molecule has 0 bridgehead atoms. The predicted octanol–water partition coefficient (Wildman–Crippen LogP) is 3.91. The quantitative estimate of drug-likeness (QED) is 0.822. The van der Waals surface area contributed by atoms with Gasteiger partial charge in [0.25, 0.3) is 0 Å². The van der Waals surface area contributed by atoms with E-state index in [1.54, 1.807) is 6.92 Å². The molecule has 0 aliphatic carbocycles. The number of rotatable bonds is 1. The molecule has 2 aliphatic heterocycles. The van der Waals surface area contributed by atoms with Crippen LogP contribution in [0.4, 0.5) is 18.0 Å². The molecule has 0 aromatic heterocycles. The van der Waals surface area contributed by atoms with E-state index in [9.17, 15) is 18.0 Å². The molecule has 1 fully saturated rings. The molecule has 1 aromatic rings. The van der Waals surface area contributed by atoms with Crippen molar-refractivity contribution in [2.75, 3.05) is 6.54 Å². The van der Waals surface area contributed by atoms with E-state index in [2.05, 4.69) is 0 Å². The topological polar surface area (TPSA) is 50.8 Å². The Balaban J connectivity index is 1.85. The summed E-state index contributed by atoms with van der Waals surface area (Å²) in [7, 11) is 0. The Bertz CT molecular complexity index is 655. The van der Waals surface area contributed by atoms with Crippen LogP contribution in [0.1, 0.15) is 26.2 Å². The van der Waals surface area contributed by atoms with Gasteiger partial charge in [0.1, 0.15) is 0 Å². The van der Waals surface area contributed by atoms with Gasteiger partial charge in [0.2, 0.25) is 0 Å². The van der Waals surface area contributed by atoms with Gasteiger partial charge >= 0.3 is 18.1 Å². The van der Waals surface area contributed by atoms with Gasteiger partial charge in [-0.2, -0.15) is 13.2 Å². The normalized spacial score (nSPS) is 26.4. The highest BCUT2D eigenvalue weighted by molar-refractivity contribution is 6.30. The fraction of sp³-hybridized carbons (Fsp3) is 0.533. The monoisotopic (exact) mass is 364 g/mol. The van der Waals surface area contributed by atoms with Crippen LogP contribution in [0.2, 0.25) is 5.02 Å². The number of amides is 2. The first-order chi connectivity index (χ1) is 11.2. The summed E-state index contributed by atoms with van der Waals surface area (Å²) in [5, 5.41) is 2.07. The standard InChI is InChI=1S/C15H16ClF3N2O3/c1-9-4-2-3-7-21(9)13(22)20-15(14(17,18)19)23-11-6-5-10(16)8-12(11)24-15/h5-6,8-9H,2-4,7H2,1H3,(H,20,22)/t9-,15-/m0/s1. The number of hydrogen-bond acceptors (Lipinski definition) is 3. The van der Waals surface area contributed by atoms with Crippen LogP contribution < -0.4 is 14.8 Å². The summed E-state index contributed by atoms with van der Waals surface area (Å²) in [5.41, 5.74) is 0. The van der Waals surface area contributed by atoms with Gasteiger partial charge in [-0.1, -0.05) is 11.6 Å². The third-order valence-corrected chi connectivity index (χ3v) is 4.36. The van der Waals surface area contributed by atoms with E-state index in [0.29, 0.717) is 6.54 Å². The van der Waals surface area contributed by atoms with Crippen molar-refractivity contribution in [2.45, 2.75) is 44.3 Å².